The Labute approximate surface area is 103 Å². The van der Waals surface area contributed by atoms with Gasteiger partial charge in [0.25, 0.3) is 0 Å². The standard InChI is InChI=1S/C12H13F2NO3/c1-3-17-12(16)11-6-15(2)9-4-7(13)8(14)5-10(9)18-11/h4-5,11H,3,6H2,1-2H3. The van der Waals surface area contributed by atoms with Crippen LogP contribution in [-0.2, 0) is 9.53 Å². The van der Waals surface area contributed by atoms with Gasteiger partial charge in [0.2, 0.25) is 6.10 Å². The van der Waals surface area contributed by atoms with Crippen LogP contribution in [0.15, 0.2) is 12.1 Å². The fourth-order valence-electron chi connectivity index (χ4n) is 1.81. The Morgan fingerprint density at radius 2 is 2.17 bits per heavy atom. The van der Waals surface area contributed by atoms with Gasteiger partial charge in [-0.3, -0.25) is 0 Å². The predicted molar refractivity (Wildman–Crippen MR) is 60.7 cm³/mol. The first kappa shape index (κ1) is 12.6. The van der Waals surface area contributed by atoms with Gasteiger partial charge in [0.15, 0.2) is 11.6 Å². The molecule has 1 aliphatic heterocycles. The van der Waals surface area contributed by atoms with Crippen molar-refractivity contribution in [3.8, 4) is 5.75 Å². The van der Waals surface area contributed by atoms with E-state index in [0.717, 1.165) is 12.1 Å². The molecular weight excluding hydrogens is 244 g/mol. The maximum atomic E-state index is 13.1. The molecule has 2 rings (SSSR count). The summed E-state index contributed by atoms with van der Waals surface area (Å²) < 4.78 is 36.4. The Hall–Kier alpha value is -1.85. The summed E-state index contributed by atoms with van der Waals surface area (Å²) in [6.07, 6.45) is -0.827. The van der Waals surface area contributed by atoms with Gasteiger partial charge in [-0.15, -0.1) is 0 Å². The molecule has 0 saturated heterocycles. The van der Waals surface area contributed by atoms with Gasteiger partial charge >= 0.3 is 5.97 Å². The van der Waals surface area contributed by atoms with Crippen LogP contribution in [0.2, 0.25) is 0 Å². The molecule has 98 valence electrons. The van der Waals surface area contributed by atoms with Crippen LogP contribution < -0.4 is 9.64 Å². The third kappa shape index (κ3) is 2.23. The minimum absolute atomic E-state index is 0.140. The van der Waals surface area contributed by atoms with Crippen molar-refractivity contribution in [1.82, 2.24) is 0 Å². The predicted octanol–water partition coefficient (Wildman–Crippen LogP) is 1.73. The van der Waals surface area contributed by atoms with E-state index in [1.165, 1.54) is 0 Å². The molecular formula is C12H13F2NO3. The van der Waals surface area contributed by atoms with Crippen molar-refractivity contribution < 1.29 is 23.0 Å². The Balaban J connectivity index is 2.28. The van der Waals surface area contributed by atoms with Crippen LogP contribution in [0.5, 0.6) is 5.75 Å². The molecule has 4 nitrogen and oxygen atoms in total. The molecule has 0 radical (unpaired) electrons. The van der Waals surface area contributed by atoms with Gasteiger partial charge in [0.1, 0.15) is 5.75 Å². The average Bonchev–Trinajstić information content (AvgIpc) is 2.32. The highest BCUT2D eigenvalue weighted by Gasteiger charge is 2.31. The summed E-state index contributed by atoms with van der Waals surface area (Å²) in [5.41, 5.74) is 0.412. The largest absolute Gasteiger partial charge is 0.475 e. The third-order valence-corrected chi connectivity index (χ3v) is 2.67. The second kappa shape index (κ2) is 4.80. The van der Waals surface area contributed by atoms with Gasteiger partial charge in [0.05, 0.1) is 18.8 Å². The van der Waals surface area contributed by atoms with E-state index in [4.69, 9.17) is 9.47 Å². The van der Waals surface area contributed by atoms with E-state index in [1.54, 1.807) is 18.9 Å². The summed E-state index contributed by atoms with van der Waals surface area (Å²) in [7, 11) is 1.67. The molecule has 0 spiro atoms. The van der Waals surface area contributed by atoms with E-state index in [1.807, 2.05) is 0 Å². The zero-order valence-corrected chi connectivity index (χ0v) is 10.1. The molecule has 0 amide bonds. The maximum Gasteiger partial charge on any atom is 0.349 e. The maximum absolute atomic E-state index is 13.1. The van der Waals surface area contributed by atoms with Crippen molar-refractivity contribution in [2.24, 2.45) is 0 Å². The monoisotopic (exact) mass is 257 g/mol. The normalized spacial score (nSPS) is 18.0. The number of hydrogen-bond donors (Lipinski definition) is 0. The summed E-state index contributed by atoms with van der Waals surface area (Å²) in [5.74, 6) is -2.33. The summed E-state index contributed by atoms with van der Waals surface area (Å²) in [5, 5.41) is 0. The molecule has 0 aromatic heterocycles. The molecule has 0 N–H and O–H groups in total. The third-order valence-electron chi connectivity index (χ3n) is 2.67. The van der Waals surface area contributed by atoms with Gasteiger partial charge in [-0.2, -0.15) is 0 Å². The van der Waals surface area contributed by atoms with Crippen LogP contribution >= 0.6 is 0 Å². The molecule has 1 atom stereocenters. The van der Waals surface area contributed by atoms with Crippen LogP contribution in [-0.4, -0.2) is 32.3 Å². The Morgan fingerprint density at radius 3 is 2.83 bits per heavy atom. The van der Waals surface area contributed by atoms with Crippen LogP contribution in [0, 0.1) is 11.6 Å². The highest BCUT2D eigenvalue weighted by molar-refractivity contribution is 5.78. The van der Waals surface area contributed by atoms with E-state index in [0.29, 0.717) is 5.69 Å². The van der Waals surface area contributed by atoms with Crippen molar-refractivity contribution in [3.05, 3.63) is 23.8 Å². The fourth-order valence-corrected chi connectivity index (χ4v) is 1.81. The second-order valence-corrected chi connectivity index (χ2v) is 3.97. The summed E-state index contributed by atoms with van der Waals surface area (Å²) in [6.45, 7) is 2.16. The number of hydrogen-bond acceptors (Lipinski definition) is 4. The van der Waals surface area contributed by atoms with Gasteiger partial charge in [-0.1, -0.05) is 0 Å². The lowest BCUT2D eigenvalue weighted by Gasteiger charge is -2.32. The number of benzene rings is 1. The minimum Gasteiger partial charge on any atom is -0.475 e. The van der Waals surface area contributed by atoms with Crippen molar-refractivity contribution in [1.29, 1.82) is 0 Å². The summed E-state index contributed by atoms with van der Waals surface area (Å²) in [4.78, 5) is 13.2. The van der Waals surface area contributed by atoms with Gasteiger partial charge in [0, 0.05) is 19.2 Å². The fraction of sp³-hybridized carbons (Fsp3) is 0.417. The Bertz CT molecular complexity index is 479. The van der Waals surface area contributed by atoms with Crippen LogP contribution in [0.4, 0.5) is 14.5 Å². The van der Waals surface area contributed by atoms with E-state index in [9.17, 15) is 13.6 Å². The van der Waals surface area contributed by atoms with Crippen LogP contribution in [0.3, 0.4) is 0 Å². The van der Waals surface area contributed by atoms with Crippen molar-refractivity contribution in [2.75, 3.05) is 25.1 Å². The molecule has 0 fully saturated rings. The number of likely N-dealkylation sites (N-methyl/N-ethyl adjacent to an activating group) is 1. The molecule has 1 heterocycles. The number of anilines is 1. The lowest BCUT2D eigenvalue weighted by Crippen LogP contribution is -2.43. The SMILES string of the molecule is CCOC(=O)C1CN(C)c2cc(F)c(F)cc2O1. The van der Waals surface area contributed by atoms with E-state index in [2.05, 4.69) is 0 Å². The zero-order valence-electron chi connectivity index (χ0n) is 10.1. The molecule has 0 aliphatic carbocycles. The lowest BCUT2D eigenvalue weighted by molar-refractivity contribution is -0.151. The summed E-state index contributed by atoms with van der Waals surface area (Å²) in [6, 6.07) is 1.98. The number of halogens is 2. The van der Waals surface area contributed by atoms with Gasteiger partial charge in [-0.05, 0) is 6.92 Å². The first-order chi connectivity index (χ1) is 8.52. The van der Waals surface area contributed by atoms with E-state index >= 15 is 0 Å². The second-order valence-electron chi connectivity index (χ2n) is 3.97. The minimum atomic E-state index is -1.01. The Kier molecular flexibility index (Phi) is 3.36. The average molecular weight is 257 g/mol. The van der Waals surface area contributed by atoms with Crippen molar-refractivity contribution >= 4 is 11.7 Å². The molecule has 1 aliphatic rings. The molecule has 18 heavy (non-hydrogen) atoms. The molecule has 1 aromatic rings. The van der Waals surface area contributed by atoms with E-state index in [-0.39, 0.29) is 18.9 Å². The number of carbonyl (C=O) groups excluding carboxylic acids is 1. The smallest absolute Gasteiger partial charge is 0.349 e. The number of esters is 1. The van der Waals surface area contributed by atoms with Gasteiger partial charge in [-0.25, -0.2) is 13.6 Å². The topological polar surface area (TPSA) is 38.8 Å². The highest BCUT2D eigenvalue weighted by atomic mass is 19.2. The Morgan fingerprint density at radius 1 is 1.50 bits per heavy atom. The van der Waals surface area contributed by atoms with E-state index < -0.39 is 23.7 Å². The number of ether oxygens (including phenoxy) is 2. The van der Waals surface area contributed by atoms with Crippen molar-refractivity contribution in [2.45, 2.75) is 13.0 Å². The number of carbonyl (C=O) groups is 1. The first-order valence-electron chi connectivity index (χ1n) is 5.56. The molecule has 1 unspecified atom stereocenters. The number of rotatable bonds is 2. The number of fused-ring (bicyclic) bond motifs is 1. The lowest BCUT2D eigenvalue weighted by atomic mass is 10.2. The quantitative estimate of drug-likeness (QED) is 0.756. The van der Waals surface area contributed by atoms with Crippen molar-refractivity contribution in [3.63, 3.8) is 0 Å². The van der Waals surface area contributed by atoms with Crippen LogP contribution in [0.25, 0.3) is 0 Å². The molecule has 0 saturated carbocycles. The molecule has 6 heteroatoms. The number of nitrogens with zero attached hydrogens (tertiary/aromatic N) is 1. The van der Waals surface area contributed by atoms with Gasteiger partial charge < -0.3 is 14.4 Å². The first-order valence-corrected chi connectivity index (χ1v) is 5.56. The summed E-state index contributed by atoms with van der Waals surface area (Å²) >= 11 is 0. The zero-order chi connectivity index (χ0) is 13.3. The van der Waals surface area contributed by atoms with Crippen LogP contribution in [0.1, 0.15) is 6.92 Å². The molecule has 1 aromatic carbocycles. The molecule has 0 bridgehead atoms. The highest BCUT2D eigenvalue weighted by Crippen LogP contribution is 2.34.